The highest BCUT2D eigenvalue weighted by Crippen LogP contribution is 2.27. The number of benzene rings is 1. The number of carbonyl (C=O) groups is 2. The van der Waals surface area contributed by atoms with Gasteiger partial charge in [0.15, 0.2) is 5.78 Å². The first-order chi connectivity index (χ1) is 7.86. The fourth-order valence-corrected chi connectivity index (χ4v) is 1.63. The van der Waals surface area contributed by atoms with Gasteiger partial charge in [-0.15, -0.1) is 0 Å². The summed E-state index contributed by atoms with van der Waals surface area (Å²) >= 11 is 5.75. The van der Waals surface area contributed by atoms with E-state index in [-0.39, 0.29) is 12.2 Å². The first kappa shape index (κ1) is 13.7. The van der Waals surface area contributed by atoms with Gasteiger partial charge in [0.05, 0.1) is 13.5 Å². The van der Waals surface area contributed by atoms with E-state index in [2.05, 4.69) is 4.74 Å². The Morgan fingerprint density at radius 1 is 1.24 bits per heavy atom. The van der Waals surface area contributed by atoms with Crippen LogP contribution >= 0.6 is 11.6 Å². The zero-order valence-electron chi connectivity index (χ0n) is 10.1. The summed E-state index contributed by atoms with van der Waals surface area (Å²) in [6.45, 7) is 3.45. The van der Waals surface area contributed by atoms with Gasteiger partial charge < -0.3 is 4.74 Å². The van der Waals surface area contributed by atoms with E-state index in [0.717, 1.165) is 0 Å². The van der Waals surface area contributed by atoms with E-state index in [0.29, 0.717) is 10.6 Å². The predicted octanol–water partition coefficient (Wildman–Crippen LogP) is 3.11. The smallest absolute Gasteiger partial charge is 0.306 e. The van der Waals surface area contributed by atoms with Crippen LogP contribution in [-0.4, -0.2) is 18.9 Å². The van der Waals surface area contributed by atoms with Gasteiger partial charge in [-0.05, 0) is 24.3 Å². The highest BCUT2D eigenvalue weighted by Gasteiger charge is 2.31. The Balaban J connectivity index is 2.88. The molecule has 0 unspecified atom stereocenters. The first-order valence-electron chi connectivity index (χ1n) is 5.24. The number of carbonyl (C=O) groups excluding carboxylic acids is 2. The van der Waals surface area contributed by atoms with Gasteiger partial charge in [-0.2, -0.15) is 0 Å². The Hall–Kier alpha value is -1.35. The highest BCUT2D eigenvalue weighted by molar-refractivity contribution is 6.30. The third-order valence-electron chi connectivity index (χ3n) is 2.54. The minimum Gasteiger partial charge on any atom is -0.469 e. The molecule has 1 aromatic carbocycles. The maximum absolute atomic E-state index is 12.2. The van der Waals surface area contributed by atoms with Crippen LogP contribution in [0.15, 0.2) is 24.3 Å². The molecule has 0 atom stereocenters. The monoisotopic (exact) mass is 254 g/mol. The number of rotatable bonds is 4. The van der Waals surface area contributed by atoms with E-state index < -0.39 is 11.4 Å². The van der Waals surface area contributed by atoms with Crippen LogP contribution in [0.4, 0.5) is 0 Å². The third kappa shape index (κ3) is 3.56. The molecule has 0 aliphatic carbocycles. The summed E-state index contributed by atoms with van der Waals surface area (Å²) in [5.74, 6) is -0.489. The lowest BCUT2D eigenvalue weighted by atomic mass is 9.81. The molecule has 0 aliphatic rings. The van der Waals surface area contributed by atoms with E-state index in [1.165, 1.54) is 7.11 Å². The number of hydrogen-bond donors (Lipinski definition) is 0. The van der Waals surface area contributed by atoms with E-state index in [1.54, 1.807) is 38.1 Å². The van der Waals surface area contributed by atoms with Crippen LogP contribution in [-0.2, 0) is 9.53 Å². The average Bonchev–Trinajstić information content (AvgIpc) is 2.28. The normalized spacial score (nSPS) is 11.1. The number of ketones is 1. The Morgan fingerprint density at radius 3 is 2.24 bits per heavy atom. The summed E-state index contributed by atoms with van der Waals surface area (Å²) in [5.41, 5.74) is -0.232. The van der Waals surface area contributed by atoms with Gasteiger partial charge >= 0.3 is 5.97 Å². The molecular weight excluding hydrogens is 240 g/mol. The van der Waals surface area contributed by atoms with Crippen molar-refractivity contribution in [1.82, 2.24) is 0 Å². The van der Waals surface area contributed by atoms with E-state index in [1.807, 2.05) is 0 Å². The van der Waals surface area contributed by atoms with Crippen molar-refractivity contribution in [3.8, 4) is 0 Å². The van der Waals surface area contributed by atoms with Crippen molar-refractivity contribution in [1.29, 1.82) is 0 Å². The molecule has 0 saturated carbocycles. The number of halogens is 1. The van der Waals surface area contributed by atoms with Crippen LogP contribution < -0.4 is 0 Å². The minimum absolute atomic E-state index is 0.0605. The number of ether oxygens (including phenoxy) is 1. The van der Waals surface area contributed by atoms with Crippen LogP contribution in [0.3, 0.4) is 0 Å². The molecule has 4 heteroatoms. The van der Waals surface area contributed by atoms with Crippen molar-refractivity contribution in [3.05, 3.63) is 34.9 Å². The first-order valence-corrected chi connectivity index (χ1v) is 5.62. The van der Waals surface area contributed by atoms with E-state index >= 15 is 0 Å². The summed E-state index contributed by atoms with van der Waals surface area (Å²) < 4.78 is 4.58. The van der Waals surface area contributed by atoms with E-state index in [4.69, 9.17) is 11.6 Å². The molecule has 0 fully saturated rings. The number of methoxy groups -OCH3 is 1. The van der Waals surface area contributed by atoms with Gasteiger partial charge in [0, 0.05) is 16.0 Å². The second kappa shape index (κ2) is 5.32. The van der Waals surface area contributed by atoms with Crippen molar-refractivity contribution >= 4 is 23.4 Å². The van der Waals surface area contributed by atoms with Gasteiger partial charge in [0.25, 0.3) is 0 Å². The Labute approximate surface area is 106 Å². The van der Waals surface area contributed by atoms with Crippen LogP contribution in [0, 0.1) is 5.41 Å². The maximum Gasteiger partial charge on any atom is 0.306 e. The lowest BCUT2D eigenvalue weighted by Gasteiger charge is -2.21. The summed E-state index contributed by atoms with van der Waals surface area (Å²) in [6.07, 6.45) is 0.0605. The van der Waals surface area contributed by atoms with Crippen LogP contribution in [0.5, 0.6) is 0 Å². The molecule has 0 spiro atoms. The third-order valence-corrected chi connectivity index (χ3v) is 2.79. The molecular formula is C13H15ClO3. The molecule has 0 N–H and O–H groups in total. The minimum atomic E-state index is -0.777. The molecule has 0 bridgehead atoms. The van der Waals surface area contributed by atoms with Gasteiger partial charge in [0.2, 0.25) is 0 Å². The highest BCUT2D eigenvalue weighted by atomic mass is 35.5. The Bertz CT molecular complexity index is 421. The standard InChI is InChI=1S/C13H15ClO3/c1-13(2,8-11(15)17-3)12(16)9-4-6-10(14)7-5-9/h4-7H,8H2,1-3H3. The zero-order valence-corrected chi connectivity index (χ0v) is 10.9. The molecule has 0 aromatic heterocycles. The van der Waals surface area contributed by atoms with Crippen molar-refractivity contribution in [3.63, 3.8) is 0 Å². The van der Waals surface area contributed by atoms with Crippen molar-refractivity contribution in [2.24, 2.45) is 5.41 Å². The quantitative estimate of drug-likeness (QED) is 0.613. The van der Waals surface area contributed by atoms with Crippen molar-refractivity contribution < 1.29 is 14.3 Å². The number of Topliss-reactive ketones (excluding diaryl/α,β-unsaturated/α-hetero) is 1. The molecule has 0 heterocycles. The van der Waals surface area contributed by atoms with E-state index in [9.17, 15) is 9.59 Å². The molecule has 1 rings (SSSR count). The fourth-order valence-electron chi connectivity index (χ4n) is 1.51. The van der Waals surface area contributed by atoms with Crippen LogP contribution in [0.25, 0.3) is 0 Å². The van der Waals surface area contributed by atoms with Crippen molar-refractivity contribution in [2.45, 2.75) is 20.3 Å². The molecule has 0 radical (unpaired) electrons. The fraction of sp³-hybridized carbons (Fsp3) is 0.385. The second-order valence-electron chi connectivity index (χ2n) is 4.47. The molecule has 0 amide bonds. The zero-order chi connectivity index (χ0) is 13.1. The number of esters is 1. The molecule has 0 aliphatic heterocycles. The molecule has 92 valence electrons. The SMILES string of the molecule is COC(=O)CC(C)(C)C(=O)c1ccc(Cl)cc1. The predicted molar refractivity (Wildman–Crippen MR) is 66.2 cm³/mol. The Kier molecular flexibility index (Phi) is 4.29. The maximum atomic E-state index is 12.2. The topological polar surface area (TPSA) is 43.4 Å². The molecule has 0 saturated heterocycles. The van der Waals surface area contributed by atoms with Gasteiger partial charge in [-0.25, -0.2) is 0 Å². The molecule has 3 nitrogen and oxygen atoms in total. The molecule has 1 aromatic rings. The van der Waals surface area contributed by atoms with Gasteiger partial charge in [-0.3, -0.25) is 9.59 Å². The summed E-state index contributed by atoms with van der Waals surface area (Å²) in [4.78, 5) is 23.4. The Morgan fingerprint density at radius 2 is 1.76 bits per heavy atom. The van der Waals surface area contributed by atoms with Crippen LogP contribution in [0.2, 0.25) is 5.02 Å². The summed E-state index contributed by atoms with van der Waals surface area (Å²) in [6, 6.07) is 6.62. The molecule has 17 heavy (non-hydrogen) atoms. The lowest BCUT2D eigenvalue weighted by molar-refractivity contribution is -0.142. The van der Waals surface area contributed by atoms with Gasteiger partial charge in [-0.1, -0.05) is 25.4 Å². The largest absolute Gasteiger partial charge is 0.469 e. The second-order valence-corrected chi connectivity index (χ2v) is 4.91. The van der Waals surface area contributed by atoms with Crippen LogP contribution in [0.1, 0.15) is 30.6 Å². The van der Waals surface area contributed by atoms with Gasteiger partial charge in [0.1, 0.15) is 0 Å². The lowest BCUT2D eigenvalue weighted by Crippen LogP contribution is -2.28. The number of hydrogen-bond acceptors (Lipinski definition) is 3. The van der Waals surface area contributed by atoms with Crippen molar-refractivity contribution in [2.75, 3.05) is 7.11 Å². The summed E-state index contributed by atoms with van der Waals surface area (Å²) in [7, 11) is 1.31. The average molecular weight is 255 g/mol. The summed E-state index contributed by atoms with van der Waals surface area (Å²) in [5, 5.41) is 0.576.